The van der Waals surface area contributed by atoms with Gasteiger partial charge in [-0.15, -0.1) is 0 Å². The van der Waals surface area contributed by atoms with Crippen LogP contribution in [-0.2, 0) is 19.3 Å². The molecule has 11 heteroatoms. The van der Waals surface area contributed by atoms with Gasteiger partial charge >= 0.3 is 154 Å². The van der Waals surface area contributed by atoms with E-state index in [0.29, 0.717) is 0 Å². The Morgan fingerprint density at radius 2 is 1.24 bits per heavy atom. The van der Waals surface area contributed by atoms with E-state index < -0.39 is 36.4 Å². The van der Waals surface area contributed by atoms with Crippen LogP contribution in [0.4, 0.5) is 0 Å². The van der Waals surface area contributed by atoms with Crippen molar-refractivity contribution in [3.05, 3.63) is 0 Å². The molecule has 0 radical (unpaired) electrons. The van der Waals surface area contributed by atoms with E-state index in [0.717, 1.165) is 0 Å². The number of carbonyl (C=O) groups excluding carboxylic acids is 3. The van der Waals surface area contributed by atoms with Crippen LogP contribution in [0.2, 0.25) is 0 Å². The largest absolute Gasteiger partial charge is 1.00 e. The molecule has 0 bridgehead atoms. The summed E-state index contributed by atoms with van der Waals surface area (Å²) in [6.07, 6.45) is -2.72. The fourth-order valence-corrected chi connectivity index (χ4v) is 0.775. The summed E-state index contributed by atoms with van der Waals surface area (Å²) in [7, 11) is 0. The van der Waals surface area contributed by atoms with Crippen LogP contribution in [0.1, 0.15) is 12.8 Å². The topological polar surface area (TPSA) is 150 Å². The van der Waals surface area contributed by atoms with Crippen molar-refractivity contribution in [1.29, 1.82) is 0 Å². The maximum absolute atomic E-state index is 10.3. The summed E-state index contributed by atoms with van der Waals surface area (Å²) in [6.45, 7) is 0. The molecular weight excluding hydrogens is 317 g/mol. The second-order valence-corrected chi connectivity index (χ2v) is 2.47. The van der Waals surface area contributed by atoms with Crippen LogP contribution in [0.3, 0.4) is 0 Å². The van der Waals surface area contributed by atoms with Crippen LogP contribution < -0.4 is 169 Å². The zero-order valence-corrected chi connectivity index (χ0v) is 19.1. The van der Waals surface area contributed by atoms with Gasteiger partial charge in [-0.3, -0.25) is 5.26 Å². The van der Waals surface area contributed by atoms with Crippen molar-refractivity contribution >= 4 is 17.9 Å². The van der Waals surface area contributed by atoms with Crippen molar-refractivity contribution in [1.82, 2.24) is 0 Å². The molecule has 0 saturated carbocycles. The molecule has 0 aliphatic heterocycles. The second-order valence-electron chi connectivity index (χ2n) is 2.47. The normalized spacial score (nSPS) is 9.00. The Balaban J connectivity index is -0.000000282. The molecule has 0 rings (SSSR count). The van der Waals surface area contributed by atoms with Crippen LogP contribution >= 0.6 is 0 Å². The Morgan fingerprint density at radius 1 is 0.941 bits per heavy atom. The summed E-state index contributed by atoms with van der Waals surface area (Å²) in [5.41, 5.74) is -2.88. The van der Waals surface area contributed by atoms with Gasteiger partial charge in [0, 0.05) is 24.8 Å². The van der Waals surface area contributed by atoms with Gasteiger partial charge in [0.2, 0.25) is 0 Å². The Hall–Kier alpha value is 3.24. The maximum atomic E-state index is 10.3. The van der Waals surface area contributed by atoms with Crippen LogP contribution in [-0.4, -0.2) is 28.8 Å². The Bertz CT molecular complexity index is 252. The molecule has 0 unspecified atom stereocenters. The smallest absolute Gasteiger partial charge is 0.550 e. The van der Waals surface area contributed by atoms with Crippen molar-refractivity contribution in [3.63, 3.8) is 0 Å². The van der Waals surface area contributed by atoms with E-state index >= 15 is 0 Å². The summed E-state index contributed by atoms with van der Waals surface area (Å²) >= 11 is 0. The van der Waals surface area contributed by atoms with E-state index in [2.05, 4.69) is 4.89 Å². The predicted octanol–water partition coefficient (Wildman–Crippen LogP) is -13.7. The third-order valence-corrected chi connectivity index (χ3v) is 1.41. The number of carbonyl (C=O) groups is 3. The van der Waals surface area contributed by atoms with Crippen LogP contribution in [0.15, 0.2) is 0 Å². The number of rotatable bonds is 6. The molecule has 0 spiro atoms. The molecule has 0 aliphatic rings. The molecule has 0 aromatic heterocycles. The van der Waals surface area contributed by atoms with Gasteiger partial charge in [0.05, 0.1) is 5.97 Å². The van der Waals surface area contributed by atoms with E-state index in [-0.39, 0.29) is 154 Å². The molecule has 0 fully saturated rings. The molecule has 0 saturated heterocycles. The summed E-state index contributed by atoms with van der Waals surface area (Å²) in [5.74, 6) is -6.01. The van der Waals surface area contributed by atoms with Crippen molar-refractivity contribution in [2.75, 3.05) is 0 Å². The van der Waals surface area contributed by atoms with E-state index in [4.69, 9.17) is 5.26 Å². The third-order valence-electron chi connectivity index (χ3n) is 1.41. The minimum Gasteiger partial charge on any atom is -0.550 e. The average molecular weight is 322 g/mol. The molecule has 0 aromatic carbocycles. The van der Waals surface area contributed by atoms with E-state index in [1.54, 1.807) is 0 Å². The summed E-state index contributed by atoms with van der Waals surface area (Å²) in [5, 5.41) is 38.6. The van der Waals surface area contributed by atoms with Gasteiger partial charge in [0.25, 0.3) is 0 Å². The number of carboxylic acids is 3. The van der Waals surface area contributed by atoms with Gasteiger partial charge in [0.15, 0.2) is 5.60 Å². The zero-order chi connectivity index (χ0) is 11.4. The average Bonchev–Trinajstić information content (AvgIpc) is 2.00. The van der Waals surface area contributed by atoms with Gasteiger partial charge in [-0.05, 0) is 0 Å². The van der Waals surface area contributed by atoms with Crippen molar-refractivity contribution < 1.29 is 194 Å². The summed E-state index contributed by atoms with van der Waals surface area (Å²) in [4.78, 5) is 33.8. The van der Waals surface area contributed by atoms with Crippen LogP contribution in [0, 0.1) is 0 Å². The first-order chi connectivity index (χ1) is 6.34. The minimum absolute atomic E-state index is 0. The summed E-state index contributed by atoms with van der Waals surface area (Å²) in [6, 6.07) is 0. The molecule has 0 heterocycles. The molecule has 8 nitrogen and oxygen atoms in total. The van der Waals surface area contributed by atoms with Crippen molar-refractivity contribution in [3.8, 4) is 0 Å². The zero-order valence-electron chi connectivity index (χ0n) is 9.72. The number of aliphatic carboxylic acids is 3. The standard InChI is InChI=1S/C6H8O8.3K/c7-3(8)1-6(14-13,5(11)12)2-4(9)10;;;/h13H,1-2H2,(H,7,8)(H,9,10)(H,11,12);;;/q;3*+1/p-3. The molecule has 17 heavy (non-hydrogen) atoms. The van der Waals surface area contributed by atoms with Gasteiger partial charge < -0.3 is 29.7 Å². The molecule has 1 N–H and O–H groups in total. The maximum Gasteiger partial charge on any atom is 1.00 e. The minimum atomic E-state index is -2.88. The second kappa shape index (κ2) is 14.2. The fourth-order valence-electron chi connectivity index (χ4n) is 0.775. The molecule has 0 aromatic rings. The molecular formula is C6H5K3O8. The Kier molecular flexibility index (Phi) is 23.7. The molecule has 0 atom stereocenters. The molecule has 80 valence electrons. The van der Waals surface area contributed by atoms with Gasteiger partial charge in [-0.1, -0.05) is 0 Å². The molecule has 0 aliphatic carbocycles. The van der Waals surface area contributed by atoms with Gasteiger partial charge in [-0.2, -0.15) is 0 Å². The van der Waals surface area contributed by atoms with Crippen LogP contribution in [0.5, 0.6) is 0 Å². The first-order valence-electron chi connectivity index (χ1n) is 3.28. The fraction of sp³-hybridized carbons (Fsp3) is 0.500. The first-order valence-corrected chi connectivity index (χ1v) is 3.28. The first kappa shape index (κ1) is 28.4. The van der Waals surface area contributed by atoms with Crippen molar-refractivity contribution in [2.45, 2.75) is 18.4 Å². The van der Waals surface area contributed by atoms with E-state index in [1.165, 1.54) is 0 Å². The third kappa shape index (κ3) is 11.6. The Labute approximate surface area is 224 Å². The Morgan fingerprint density at radius 3 is 1.35 bits per heavy atom. The van der Waals surface area contributed by atoms with Gasteiger partial charge in [-0.25, -0.2) is 4.89 Å². The number of hydrogen-bond donors (Lipinski definition) is 1. The quantitative estimate of drug-likeness (QED) is 0.288. The number of hydrogen-bond acceptors (Lipinski definition) is 8. The van der Waals surface area contributed by atoms with Gasteiger partial charge in [0.1, 0.15) is 0 Å². The molecule has 0 amide bonds. The van der Waals surface area contributed by atoms with E-state index in [9.17, 15) is 29.7 Å². The number of carboxylic acid groups (broad SMARTS) is 3. The van der Waals surface area contributed by atoms with Crippen LogP contribution in [0.25, 0.3) is 0 Å². The SMILES string of the molecule is O=C([O-])CC(CC(=O)[O-])(OO)C(=O)[O-].[K+].[K+].[K+]. The summed E-state index contributed by atoms with van der Waals surface area (Å²) < 4.78 is 0. The van der Waals surface area contributed by atoms with Crippen molar-refractivity contribution in [2.24, 2.45) is 0 Å². The van der Waals surface area contributed by atoms with E-state index in [1.807, 2.05) is 0 Å². The monoisotopic (exact) mass is 322 g/mol. The predicted molar refractivity (Wildman–Crippen MR) is 30.7 cm³/mol.